The Hall–Kier alpha value is -4.02. The summed E-state index contributed by atoms with van der Waals surface area (Å²) in [6.07, 6.45) is 1.67. The van der Waals surface area contributed by atoms with Gasteiger partial charge in [-0.25, -0.2) is 13.4 Å². The summed E-state index contributed by atoms with van der Waals surface area (Å²) in [6.45, 7) is 3.98. The Morgan fingerprint density at radius 2 is 1.90 bits per heavy atom. The van der Waals surface area contributed by atoms with Gasteiger partial charge in [0.1, 0.15) is 12.1 Å². The van der Waals surface area contributed by atoms with E-state index in [0.717, 1.165) is 16.6 Å². The van der Waals surface area contributed by atoms with Crippen molar-refractivity contribution in [2.45, 2.75) is 69.0 Å². The highest BCUT2D eigenvalue weighted by molar-refractivity contribution is 7.89. The number of fused-ring (bicyclic) bond motifs is 2. The molecular weight excluding hydrogens is 536 g/mol. The first-order chi connectivity index (χ1) is 19.0. The molecule has 0 aliphatic carbocycles. The zero-order chi connectivity index (χ0) is 29.0. The lowest BCUT2D eigenvalue weighted by Crippen LogP contribution is -2.64. The largest absolute Gasteiger partial charge is 0.504 e. The molecule has 0 unspecified atom stereocenters. The third kappa shape index (κ3) is 6.24. The number of aliphatic hydroxyl groups excluding tert-OH is 1. The molecule has 0 spiro atoms. The van der Waals surface area contributed by atoms with Gasteiger partial charge >= 0.3 is 6.20 Å². The molecule has 3 atom stereocenters. The van der Waals surface area contributed by atoms with Gasteiger partial charge in [0.15, 0.2) is 4.98 Å². The minimum absolute atomic E-state index is 0.0209. The van der Waals surface area contributed by atoms with Crippen molar-refractivity contribution in [3.05, 3.63) is 59.4 Å². The summed E-state index contributed by atoms with van der Waals surface area (Å²) in [5.41, 5.74) is 0. The monoisotopic (exact) mass is 569 g/mol. The van der Waals surface area contributed by atoms with Crippen LogP contribution in [0.25, 0.3) is 15.7 Å². The fraction of sp³-hybridized carbons (Fsp3) is 0.444. The van der Waals surface area contributed by atoms with Gasteiger partial charge in [-0.15, -0.1) is 0 Å². The maximum absolute atomic E-state index is 13.8. The lowest BCUT2D eigenvalue weighted by molar-refractivity contribution is -0.176. The van der Waals surface area contributed by atoms with Crippen molar-refractivity contribution in [1.82, 2.24) is 20.1 Å². The Balaban J connectivity index is 1.60. The maximum atomic E-state index is 13.8. The SMILES string of the molecule is CC(C)C[C@H](NC(=O)[C@@H]1CCCN2C(=O)CC[C@H](NS(=O)(=O)c3ccc4ccccc4c3)C(=O)N12)/C(O)=C/[N+]#N. The van der Waals surface area contributed by atoms with Crippen molar-refractivity contribution in [2.24, 2.45) is 5.92 Å². The summed E-state index contributed by atoms with van der Waals surface area (Å²) in [7, 11) is -4.15. The molecule has 2 aliphatic heterocycles. The lowest BCUT2D eigenvalue weighted by Gasteiger charge is -2.43. The van der Waals surface area contributed by atoms with Crippen LogP contribution in [0.3, 0.4) is 0 Å². The van der Waals surface area contributed by atoms with E-state index < -0.39 is 40.0 Å². The molecule has 2 fully saturated rings. The molecule has 4 rings (SSSR count). The number of hydrogen-bond acceptors (Lipinski definition) is 7. The number of rotatable bonds is 8. The smallest absolute Gasteiger partial charge is 0.389 e. The molecule has 2 aliphatic rings. The Morgan fingerprint density at radius 1 is 1.18 bits per heavy atom. The summed E-state index contributed by atoms with van der Waals surface area (Å²) in [5, 5.41) is 25.7. The normalized spacial score (nSPS) is 21.1. The van der Waals surface area contributed by atoms with Gasteiger partial charge in [0.2, 0.25) is 33.0 Å². The molecule has 13 heteroatoms. The van der Waals surface area contributed by atoms with Crippen LogP contribution in [0.15, 0.2) is 59.3 Å². The summed E-state index contributed by atoms with van der Waals surface area (Å²) in [6, 6.07) is 8.66. The van der Waals surface area contributed by atoms with Crippen LogP contribution in [0.2, 0.25) is 0 Å². The molecule has 0 aromatic heterocycles. The van der Waals surface area contributed by atoms with E-state index in [1.807, 2.05) is 26.0 Å². The average Bonchev–Trinajstić information content (AvgIpc) is 3.04. The van der Waals surface area contributed by atoms with Gasteiger partial charge < -0.3 is 10.4 Å². The van der Waals surface area contributed by atoms with Crippen LogP contribution in [0.4, 0.5) is 0 Å². The van der Waals surface area contributed by atoms with E-state index in [-0.39, 0.29) is 48.3 Å². The Morgan fingerprint density at radius 3 is 2.60 bits per heavy atom. The van der Waals surface area contributed by atoms with Crippen LogP contribution in [0.5, 0.6) is 0 Å². The van der Waals surface area contributed by atoms with E-state index in [0.29, 0.717) is 18.2 Å². The molecule has 40 heavy (non-hydrogen) atoms. The van der Waals surface area contributed by atoms with Crippen molar-refractivity contribution < 1.29 is 27.9 Å². The number of amides is 3. The molecule has 212 valence electrons. The number of carbonyl (C=O) groups is 3. The molecule has 2 saturated heterocycles. The molecule has 2 aromatic rings. The van der Waals surface area contributed by atoms with Crippen molar-refractivity contribution >= 4 is 38.5 Å². The summed E-state index contributed by atoms with van der Waals surface area (Å²) >= 11 is 0. The second-order valence-corrected chi connectivity index (χ2v) is 12.2. The number of diazo groups is 1. The van der Waals surface area contributed by atoms with Gasteiger partial charge in [-0.3, -0.25) is 19.4 Å². The number of benzene rings is 2. The second-order valence-electron chi connectivity index (χ2n) is 10.4. The molecule has 0 bridgehead atoms. The van der Waals surface area contributed by atoms with Gasteiger partial charge in [-0.1, -0.05) is 44.2 Å². The quantitative estimate of drug-likeness (QED) is 0.325. The first kappa shape index (κ1) is 29.0. The van der Waals surface area contributed by atoms with Gasteiger partial charge in [0.05, 0.1) is 10.9 Å². The number of sulfonamides is 1. The Labute approximate surface area is 232 Å². The number of hydrogen-bond donors (Lipinski definition) is 3. The third-order valence-corrected chi connectivity index (χ3v) is 8.53. The van der Waals surface area contributed by atoms with E-state index in [2.05, 4.69) is 15.0 Å². The van der Waals surface area contributed by atoms with Crippen LogP contribution in [0, 0.1) is 11.3 Å². The highest BCUT2D eigenvalue weighted by Crippen LogP contribution is 2.27. The first-order valence-corrected chi connectivity index (χ1v) is 14.7. The molecule has 3 amide bonds. The van der Waals surface area contributed by atoms with Crippen LogP contribution in [0.1, 0.15) is 46.0 Å². The topological polar surface area (TPSA) is 164 Å². The van der Waals surface area contributed by atoms with Gasteiger partial charge in [0, 0.05) is 13.0 Å². The van der Waals surface area contributed by atoms with Crippen LogP contribution in [-0.2, 0) is 24.4 Å². The van der Waals surface area contributed by atoms with E-state index in [4.69, 9.17) is 5.39 Å². The first-order valence-electron chi connectivity index (χ1n) is 13.2. The summed E-state index contributed by atoms with van der Waals surface area (Å²) in [5.74, 6) is -2.03. The minimum Gasteiger partial charge on any atom is -0.504 e. The second kappa shape index (κ2) is 12.0. The van der Waals surface area contributed by atoms with E-state index >= 15 is 0 Å². The molecular formula is C27H33N6O6S+. The van der Waals surface area contributed by atoms with Crippen molar-refractivity contribution in [3.8, 4) is 0 Å². The zero-order valence-corrected chi connectivity index (χ0v) is 23.2. The van der Waals surface area contributed by atoms with Gasteiger partial charge in [-0.05, 0) is 54.5 Å². The number of hydrazine groups is 1. The highest BCUT2D eigenvalue weighted by atomic mass is 32.2. The van der Waals surface area contributed by atoms with Crippen LogP contribution < -0.4 is 10.0 Å². The standard InChI is InChI=1S/C27H32N6O6S/c1-17(2)14-22(24(34)16-29-28)30-26(36)23-8-5-13-32-25(35)12-11-21(27(37)33(23)32)31-40(38,39)20-10-9-18-6-3-4-7-19(18)15-20/h3-4,6-7,9-10,15-17,21-23,31H,5,8,11-14H2,1-2H3,(H-,30,34,36)/p+1/b24-16-/t21-,22-,23-/m0/s1. The number of nitrogens with one attached hydrogen (secondary N) is 2. The maximum Gasteiger partial charge on any atom is 0.389 e. The fourth-order valence-corrected chi connectivity index (χ4v) is 6.37. The van der Waals surface area contributed by atoms with Crippen molar-refractivity contribution in [3.63, 3.8) is 0 Å². The van der Waals surface area contributed by atoms with E-state index in [9.17, 15) is 27.9 Å². The van der Waals surface area contributed by atoms with E-state index in [1.54, 1.807) is 18.2 Å². The number of carbonyl (C=O) groups excluding carboxylic acids is 3. The Bertz CT molecular complexity index is 1480. The Kier molecular flexibility index (Phi) is 8.70. The number of nitrogens with zero attached hydrogens (tertiary/aromatic N) is 4. The van der Waals surface area contributed by atoms with Crippen LogP contribution >= 0.6 is 0 Å². The highest BCUT2D eigenvalue weighted by Gasteiger charge is 2.45. The summed E-state index contributed by atoms with van der Waals surface area (Å²) < 4.78 is 29.1. The van der Waals surface area contributed by atoms with Crippen molar-refractivity contribution in [1.29, 1.82) is 5.39 Å². The van der Waals surface area contributed by atoms with Gasteiger partial charge in [0.25, 0.3) is 5.91 Å². The molecule has 3 N–H and O–H groups in total. The molecule has 0 saturated carbocycles. The summed E-state index contributed by atoms with van der Waals surface area (Å²) in [4.78, 5) is 43.0. The number of aliphatic hydroxyl groups is 1. The predicted molar refractivity (Wildman–Crippen MR) is 146 cm³/mol. The van der Waals surface area contributed by atoms with Gasteiger partial charge in [-0.2, -0.15) is 4.72 Å². The van der Waals surface area contributed by atoms with E-state index in [1.165, 1.54) is 17.1 Å². The molecule has 0 radical (unpaired) electrons. The zero-order valence-electron chi connectivity index (χ0n) is 22.4. The predicted octanol–water partition coefficient (Wildman–Crippen LogP) is 2.80. The molecule has 2 heterocycles. The average molecular weight is 570 g/mol. The van der Waals surface area contributed by atoms with Crippen molar-refractivity contribution in [2.75, 3.05) is 6.54 Å². The minimum atomic E-state index is -4.15. The lowest BCUT2D eigenvalue weighted by atomic mass is 10.0. The molecule has 2 aromatic carbocycles. The third-order valence-electron chi connectivity index (χ3n) is 7.06. The van der Waals surface area contributed by atoms with Crippen LogP contribution in [-0.4, -0.2) is 65.9 Å². The molecule has 12 nitrogen and oxygen atoms in total. The fourth-order valence-electron chi connectivity index (χ4n) is 5.11.